The van der Waals surface area contributed by atoms with E-state index in [1.54, 1.807) is 6.20 Å². The summed E-state index contributed by atoms with van der Waals surface area (Å²) in [6, 6.07) is 2.20. The van der Waals surface area contributed by atoms with E-state index in [9.17, 15) is 4.79 Å². The van der Waals surface area contributed by atoms with Crippen LogP contribution in [0.2, 0.25) is 0 Å². The molecular formula is C13H22ClN5O. The molecule has 20 heavy (non-hydrogen) atoms. The molecule has 0 radical (unpaired) electrons. The third-order valence-electron chi connectivity index (χ3n) is 3.56. The Morgan fingerprint density at radius 1 is 1.35 bits per heavy atom. The molecule has 1 aliphatic rings. The summed E-state index contributed by atoms with van der Waals surface area (Å²) in [6.45, 7) is 0. The predicted molar refractivity (Wildman–Crippen MR) is 82.2 cm³/mol. The maximum atomic E-state index is 11.1. The van der Waals surface area contributed by atoms with Crippen LogP contribution in [0.1, 0.15) is 25.7 Å². The molecule has 1 saturated carbocycles. The van der Waals surface area contributed by atoms with Crippen LogP contribution in [0.4, 0.5) is 11.8 Å². The lowest BCUT2D eigenvalue weighted by molar-refractivity contribution is -0.122. The number of hydrogen-bond acceptors (Lipinski definition) is 5. The van der Waals surface area contributed by atoms with Crippen molar-refractivity contribution in [1.82, 2.24) is 9.97 Å². The van der Waals surface area contributed by atoms with Gasteiger partial charge in [-0.1, -0.05) is 0 Å². The van der Waals surface area contributed by atoms with Crippen LogP contribution in [0.15, 0.2) is 12.3 Å². The molecule has 1 aromatic heterocycles. The average molecular weight is 300 g/mol. The lowest BCUT2D eigenvalue weighted by Crippen LogP contribution is -2.32. The molecule has 1 aliphatic carbocycles. The van der Waals surface area contributed by atoms with Crippen molar-refractivity contribution >= 4 is 30.1 Å². The maximum absolute atomic E-state index is 11.1. The first kappa shape index (κ1) is 16.5. The van der Waals surface area contributed by atoms with Gasteiger partial charge < -0.3 is 16.0 Å². The molecular weight excluding hydrogens is 278 g/mol. The van der Waals surface area contributed by atoms with Crippen LogP contribution in [0.25, 0.3) is 0 Å². The van der Waals surface area contributed by atoms with E-state index < -0.39 is 0 Å². The number of carbonyl (C=O) groups excluding carboxylic acids is 1. The maximum Gasteiger partial charge on any atom is 0.224 e. The molecule has 7 heteroatoms. The highest BCUT2D eigenvalue weighted by atomic mass is 35.5. The predicted octanol–water partition coefficient (Wildman–Crippen LogP) is 1.42. The summed E-state index contributed by atoms with van der Waals surface area (Å²) in [7, 11) is 3.90. The van der Waals surface area contributed by atoms with Gasteiger partial charge in [0, 0.05) is 32.3 Å². The molecule has 0 aromatic carbocycles. The van der Waals surface area contributed by atoms with Crippen LogP contribution in [0.3, 0.4) is 0 Å². The molecule has 0 bridgehead atoms. The average Bonchev–Trinajstić information content (AvgIpc) is 2.39. The largest absolute Gasteiger partial charge is 0.369 e. The molecule has 1 amide bonds. The zero-order valence-corrected chi connectivity index (χ0v) is 12.7. The second-order valence-electron chi connectivity index (χ2n) is 5.23. The smallest absolute Gasteiger partial charge is 0.224 e. The number of amides is 1. The Balaban J connectivity index is 0.00000200. The van der Waals surface area contributed by atoms with E-state index in [2.05, 4.69) is 15.3 Å². The minimum absolute atomic E-state index is 0. The van der Waals surface area contributed by atoms with Gasteiger partial charge in [-0.25, -0.2) is 4.98 Å². The zero-order valence-electron chi connectivity index (χ0n) is 11.9. The summed E-state index contributed by atoms with van der Waals surface area (Å²) in [4.78, 5) is 21.7. The van der Waals surface area contributed by atoms with Gasteiger partial charge in [0.05, 0.1) is 0 Å². The number of nitrogens with one attached hydrogen (secondary N) is 1. The highest BCUT2D eigenvalue weighted by Crippen LogP contribution is 2.25. The fourth-order valence-corrected chi connectivity index (χ4v) is 2.37. The van der Waals surface area contributed by atoms with Crippen molar-refractivity contribution in [2.24, 2.45) is 11.7 Å². The van der Waals surface area contributed by atoms with Crippen LogP contribution in [0, 0.1) is 5.92 Å². The summed E-state index contributed by atoms with van der Waals surface area (Å²) in [5.74, 6) is 1.38. The molecule has 6 nitrogen and oxygen atoms in total. The minimum Gasteiger partial charge on any atom is -0.369 e. The van der Waals surface area contributed by atoms with E-state index in [-0.39, 0.29) is 24.2 Å². The van der Waals surface area contributed by atoms with Crippen LogP contribution in [-0.2, 0) is 4.79 Å². The molecule has 0 aliphatic heterocycles. The summed E-state index contributed by atoms with van der Waals surface area (Å²) in [5, 5.41) is 3.33. The van der Waals surface area contributed by atoms with E-state index in [1.165, 1.54) is 0 Å². The number of halogens is 1. The Labute approximate surface area is 125 Å². The second kappa shape index (κ2) is 7.28. The van der Waals surface area contributed by atoms with Crippen molar-refractivity contribution in [3.8, 4) is 0 Å². The van der Waals surface area contributed by atoms with Gasteiger partial charge in [-0.3, -0.25) is 4.79 Å². The summed E-state index contributed by atoms with van der Waals surface area (Å²) in [5.41, 5.74) is 5.33. The number of nitrogens with zero attached hydrogens (tertiary/aromatic N) is 3. The third-order valence-corrected chi connectivity index (χ3v) is 3.56. The molecule has 0 unspecified atom stereocenters. The molecule has 2 rings (SSSR count). The number of carbonyl (C=O) groups is 1. The SMILES string of the molecule is CN(C)c1ccnc(N[C@H]2CC[C@@H](C(N)=O)CC2)n1.Cl. The fourth-order valence-electron chi connectivity index (χ4n) is 2.37. The van der Waals surface area contributed by atoms with E-state index in [4.69, 9.17) is 5.73 Å². The van der Waals surface area contributed by atoms with Crippen molar-refractivity contribution < 1.29 is 4.79 Å². The van der Waals surface area contributed by atoms with E-state index in [0.717, 1.165) is 31.5 Å². The lowest BCUT2D eigenvalue weighted by atomic mass is 9.86. The highest BCUT2D eigenvalue weighted by molar-refractivity contribution is 5.85. The Morgan fingerprint density at radius 2 is 2.00 bits per heavy atom. The van der Waals surface area contributed by atoms with Crippen molar-refractivity contribution in [1.29, 1.82) is 0 Å². The van der Waals surface area contributed by atoms with Gasteiger partial charge in [0.25, 0.3) is 0 Å². The Kier molecular flexibility index (Phi) is 6.01. The summed E-state index contributed by atoms with van der Waals surface area (Å²) >= 11 is 0. The van der Waals surface area contributed by atoms with Gasteiger partial charge in [0.15, 0.2) is 0 Å². The number of primary amides is 1. The molecule has 1 fully saturated rings. The molecule has 1 heterocycles. The van der Waals surface area contributed by atoms with Crippen LogP contribution in [0.5, 0.6) is 0 Å². The number of nitrogens with two attached hydrogens (primary N) is 1. The second-order valence-corrected chi connectivity index (χ2v) is 5.23. The van der Waals surface area contributed by atoms with Crippen LogP contribution < -0.4 is 16.0 Å². The molecule has 3 N–H and O–H groups in total. The number of hydrogen-bond donors (Lipinski definition) is 2. The Morgan fingerprint density at radius 3 is 2.55 bits per heavy atom. The van der Waals surface area contributed by atoms with Gasteiger partial charge in [-0.05, 0) is 31.7 Å². The molecule has 0 saturated heterocycles. The van der Waals surface area contributed by atoms with E-state index >= 15 is 0 Å². The van der Waals surface area contributed by atoms with Gasteiger partial charge in [-0.15, -0.1) is 12.4 Å². The zero-order chi connectivity index (χ0) is 13.8. The molecule has 0 atom stereocenters. The quantitative estimate of drug-likeness (QED) is 0.878. The molecule has 112 valence electrons. The highest BCUT2D eigenvalue weighted by Gasteiger charge is 2.24. The van der Waals surface area contributed by atoms with E-state index in [1.807, 2.05) is 25.1 Å². The Bertz CT molecular complexity index is 446. The normalized spacial score (nSPS) is 21.7. The first-order valence-corrected chi connectivity index (χ1v) is 6.62. The lowest BCUT2D eigenvalue weighted by Gasteiger charge is -2.27. The third kappa shape index (κ3) is 4.23. The first-order chi connectivity index (χ1) is 9.06. The minimum atomic E-state index is -0.177. The van der Waals surface area contributed by atoms with Gasteiger partial charge >= 0.3 is 0 Å². The van der Waals surface area contributed by atoms with Gasteiger partial charge in [0.2, 0.25) is 11.9 Å². The van der Waals surface area contributed by atoms with Crippen molar-refractivity contribution in [3.63, 3.8) is 0 Å². The molecule has 0 spiro atoms. The molecule has 1 aromatic rings. The fraction of sp³-hybridized carbons (Fsp3) is 0.615. The van der Waals surface area contributed by atoms with Crippen LogP contribution in [-0.4, -0.2) is 36.0 Å². The number of rotatable bonds is 4. The standard InChI is InChI=1S/C13H21N5O.ClH/c1-18(2)11-7-8-15-13(17-11)16-10-5-3-9(4-6-10)12(14)19;/h7-10H,3-6H2,1-2H3,(H2,14,19)(H,15,16,17);1H/t9-,10+;. The number of anilines is 2. The van der Waals surface area contributed by atoms with Crippen LogP contribution >= 0.6 is 12.4 Å². The monoisotopic (exact) mass is 299 g/mol. The van der Waals surface area contributed by atoms with Gasteiger partial charge in [0.1, 0.15) is 5.82 Å². The Hall–Kier alpha value is -1.56. The topological polar surface area (TPSA) is 84.1 Å². The van der Waals surface area contributed by atoms with Crippen molar-refractivity contribution in [2.45, 2.75) is 31.7 Å². The van der Waals surface area contributed by atoms with Crippen molar-refractivity contribution in [3.05, 3.63) is 12.3 Å². The first-order valence-electron chi connectivity index (χ1n) is 6.62. The summed E-state index contributed by atoms with van der Waals surface area (Å²) in [6.07, 6.45) is 5.31. The number of aromatic nitrogens is 2. The summed E-state index contributed by atoms with van der Waals surface area (Å²) < 4.78 is 0. The van der Waals surface area contributed by atoms with Gasteiger partial charge in [-0.2, -0.15) is 4.98 Å². The van der Waals surface area contributed by atoms with Crippen molar-refractivity contribution in [2.75, 3.05) is 24.3 Å². The van der Waals surface area contributed by atoms with E-state index in [0.29, 0.717) is 12.0 Å².